The third-order valence-corrected chi connectivity index (χ3v) is 13.7. The molecule has 13 aromatic rings. The molecule has 0 unspecified atom stereocenters. The minimum atomic E-state index is 1.17. The molecule has 2 nitrogen and oxygen atoms in total. The van der Waals surface area contributed by atoms with E-state index in [2.05, 4.69) is 215 Å². The van der Waals surface area contributed by atoms with Crippen molar-refractivity contribution in [3.8, 4) is 33.6 Å². The number of para-hydroxylation sites is 2. The molecule has 3 heteroatoms. The molecule has 0 bridgehead atoms. The van der Waals surface area contributed by atoms with Crippen molar-refractivity contribution in [2.75, 3.05) is 0 Å². The molecule has 0 radical (unpaired) electrons. The highest BCUT2D eigenvalue weighted by Gasteiger charge is 2.21. The lowest BCUT2D eigenvalue weighted by Crippen LogP contribution is -1.93. The standard InChI is InChI=1S/C56H34N2S/c1-3-11-39-33-41(19-17-35(39)9-1)37-21-25-43(26-22-37)57-49-15-7-5-13-47(49)53-51(57)31-29-45-46-30-32-52-54(56(46)59-55(45)53)48-14-6-8-16-50(48)58(52)44-27-23-38(24-28-44)42-20-18-36-10-2-4-12-40(36)34-42/h1-34H. The molecule has 0 spiro atoms. The Labute approximate surface area is 344 Å². The quantitative estimate of drug-likeness (QED) is 0.169. The monoisotopic (exact) mass is 766 g/mol. The number of fused-ring (bicyclic) bond motifs is 13. The van der Waals surface area contributed by atoms with Crippen LogP contribution in [0.3, 0.4) is 0 Å². The Morgan fingerprint density at radius 2 is 0.661 bits per heavy atom. The molecule has 0 amide bonds. The van der Waals surface area contributed by atoms with Gasteiger partial charge in [0.25, 0.3) is 0 Å². The van der Waals surface area contributed by atoms with Crippen molar-refractivity contribution in [3.05, 3.63) is 206 Å². The predicted octanol–water partition coefficient (Wildman–Crippen LogP) is 15.9. The van der Waals surface area contributed by atoms with Crippen LogP contribution in [-0.4, -0.2) is 9.13 Å². The average Bonchev–Trinajstić information content (AvgIpc) is 3.96. The zero-order chi connectivity index (χ0) is 38.6. The summed E-state index contributed by atoms with van der Waals surface area (Å²) in [5, 5.41) is 12.9. The van der Waals surface area contributed by atoms with Crippen molar-refractivity contribution in [2.24, 2.45) is 0 Å². The third-order valence-electron chi connectivity index (χ3n) is 12.5. The van der Waals surface area contributed by atoms with E-state index in [9.17, 15) is 0 Å². The van der Waals surface area contributed by atoms with Gasteiger partial charge in [-0.05, 0) is 104 Å². The number of aromatic nitrogens is 2. The van der Waals surface area contributed by atoms with Gasteiger partial charge in [-0.1, -0.05) is 146 Å². The van der Waals surface area contributed by atoms with Gasteiger partial charge in [0.05, 0.1) is 22.1 Å². The molecule has 0 aliphatic carbocycles. The van der Waals surface area contributed by atoms with Crippen LogP contribution >= 0.6 is 11.3 Å². The molecule has 13 rings (SSSR count). The zero-order valence-electron chi connectivity index (χ0n) is 31.9. The van der Waals surface area contributed by atoms with Gasteiger partial charge in [-0.25, -0.2) is 0 Å². The van der Waals surface area contributed by atoms with E-state index in [1.54, 1.807) is 0 Å². The maximum atomic E-state index is 2.45. The van der Waals surface area contributed by atoms with E-state index in [0.29, 0.717) is 0 Å². The molecule has 3 aromatic heterocycles. The summed E-state index contributed by atoms with van der Waals surface area (Å²) in [5.74, 6) is 0. The Bertz CT molecular complexity index is 3570. The smallest absolute Gasteiger partial charge is 0.0555 e. The Morgan fingerprint density at radius 3 is 1.12 bits per heavy atom. The average molecular weight is 767 g/mol. The summed E-state index contributed by atoms with van der Waals surface area (Å²) < 4.78 is 7.57. The molecular formula is C56H34N2S. The molecule has 59 heavy (non-hydrogen) atoms. The number of hydrogen-bond donors (Lipinski definition) is 0. The molecule has 0 saturated heterocycles. The SMILES string of the molecule is c1ccc2cc(-c3ccc(-n4c5ccccc5c5c6sc7c(ccc8c7c7ccccc7n8-c7ccc(-c8ccc9ccccc9c8)cc7)c6ccc54)cc3)ccc2c1. The highest BCUT2D eigenvalue weighted by molar-refractivity contribution is 7.27. The lowest BCUT2D eigenvalue weighted by molar-refractivity contribution is 1.18. The first-order valence-electron chi connectivity index (χ1n) is 20.2. The van der Waals surface area contributed by atoms with Gasteiger partial charge < -0.3 is 9.13 Å². The minimum absolute atomic E-state index is 1.17. The largest absolute Gasteiger partial charge is 0.309 e. The normalized spacial score (nSPS) is 12.1. The number of nitrogens with zero attached hydrogens (tertiary/aromatic N) is 2. The lowest BCUT2D eigenvalue weighted by Gasteiger charge is -2.10. The Hall–Kier alpha value is -7.46. The van der Waals surface area contributed by atoms with Crippen LogP contribution < -0.4 is 0 Å². The Morgan fingerprint density at radius 1 is 0.271 bits per heavy atom. The van der Waals surface area contributed by atoms with E-state index in [4.69, 9.17) is 0 Å². The number of benzene rings is 10. The number of hydrogen-bond acceptors (Lipinski definition) is 1. The van der Waals surface area contributed by atoms with E-state index in [0.717, 1.165) is 0 Å². The van der Waals surface area contributed by atoms with E-state index in [-0.39, 0.29) is 0 Å². The predicted molar refractivity (Wildman–Crippen MR) is 254 cm³/mol. The topological polar surface area (TPSA) is 9.86 Å². The van der Waals surface area contributed by atoms with Crippen LogP contribution in [0.15, 0.2) is 206 Å². The van der Waals surface area contributed by atoms with Gasteiger partial charge in [0, 0.05) is 53.1 Å². The van der Waals surface area contributed by atoms with Crippen molar-refractivity contribution >= 4 is 96.7 Å². The van der Waals surface area contributed by atoms with Crippen LogP contribution in [-0.2, 0) is 0 Å². The first-order chi connectivity index (χ1) is 29.2. The summed E-state index contributed by atoms with van der Waals surface area (Å²) in [5.41, 5.74) is 12.1. The van der Waals surface area contributed by atoms with E-state index < -0.39 is 0 Å². The summed E-state index contributed by atoms with van der Waals surface area (Å²) in [7, 11) is 0. The van der Waals surface area contributed by atoms with Gasteiger partial charge >= 0.3 is 0 Å². The fourth-order valence-electron chi connectivity index (χ4n) is 9.70. The first-order valence-corrected chi connectivity index (χ1v) is 21.1. The van der Waals surface area contributed by atoms with E-state index in [1.165, 1.54) is 119 Å². The van der Waals surface area contributed by atoms with Crippen LogP contribution in [0.5, 0.6) is 0 Å². The molecule has 0 atom stereocenters. The van der Waals surface area contributed by atoms with Gasteiger partial charge in [0.2, 0.25) is 0 Å². The van der Waals surface area contributed by atoms with Crippen molar-refractivity contribution in [1.82, 2.24) is 9.13 Å². The van der Waals surface area contributed by atoms with Crippen LogP contribution in [0.1, 0.15) is 0 Å². The van der Waals surface area contributed by atoms with Crippen LogP contribution in [0, 0.1) is 0 Å². The molecule has 0 N–H and O–H groups in total. The second-order valence-electron chi connectivity index (χ2n) is 15.7. The second-order valence-corrected chi connectivity index (χ2v) is 16.7. The molecule has 274 valence electrons. The third kappa shape index (κ3) is 4.86. The second kappa shape index (κ2) is 12.5. The Kier molecular flexibility index (Phi) is 6.92. The molecule has 10 aromatic carbocycles. The lowest BCUT2D eigenvalue weighted by atomic mass is 10.0. The van der Waals surface area contributed by atoms with Crippen LogP contribution in [0.2, 0.25) is 0 Å². The van der Waals surface area contributed by atoms with Gasteiger partial charge in [-0.3, -0.25) is 0 Å². The first kappa shape index (κ1) is 32.6. The molecule has 3 heterocycles. The summed E-state index contributed by atoms with van der Waals surface area (Å²) in [6.45, 7) is 0. The van der Waals surface area contributed by atoms with Crippen molar-refractivity contribution < 1.29 is 0 Å². The summed E-state index contributed by atoms with van der Waals surface area (Å²) in [6.07, 6.45) is 0. The molecule has 0 aliphatic rings. The molecule has 0 saturated carbocycles. The molecule has 0 fully saturated rings. The summed E-state index contributed by atoms with van der Waals surface area (Å²) >= 11 is 1.94. The highest BCUT2D eigenvalue weighted by Crippen LogP contribution is 2.47. The summed E-state index contributed by atoms with van der Waals surface area (Å²) in [4.78, 5) is 0. The van der Waals surface area contributed by atoms with Gasteiger partial charge in [0.15, 0.2) is 0 Å². The number of thiophene rings is 1. The van der Waals surface area contributed by atoms with Crippen molar-refractivity contribution in [2.45, 2.75) is 0 Å². The van der Waals surface area contributed by atoms with Gasteiger partial charge in [-0.15, -0.1) is 11.3 Å². The van der Waals surface area contributed by atoms with Crippen molar-refractivity contribution in [3.63, 3.8) is 0 Å². The fraction of sp³-hybridized carbons (Fsp3) is 0. The Balaban J connectivity index is 0.971. The van der Waals surface area contributed by atoms with Gasteiger partial charge in [0.1, 0.15) is 0 Å². The zero-order valence-corrected chi connectivity index (χ0v) is 32.7. The highest BCUT2D eigenvalue weighted by atomic mass is 32.1. The maximum Gasteiger partial charge on any atom is 0.0555 e. The summed E-state index contributed by atoms with van der Waals surface area (Å²) in [6, 6.07) is 76.0. The fourth-order valence-corrected chi connectivity index (χ4v) is 11.1. The van der Waals surface area contributed by atoms with E-state index >= 15 is 0 Å². The van der Waals surface area contributed by atoms with Crippen LogP contribution in [0.25, 0.3) is 119 Å². The minimum Gasteiger partial charge on any atom is -0.309 e. The molecular weight excluding hydrogens is 733 g/mol. The number of rotatable bonds is 4. The maximum absolute atomic E-state index is 2.45. The van der Waals surface area contributed by atoms with E-state index in [1.807, 2.05) is 11.3 Å². The van der Waals surface area contributed by atoms with Crippen molar-refractivity contribution in [1.29, 1.82) is 0 Å². The van der Waals surface area contributed by atoms with Gasteiger partial charge in [-0.2, -0.15) is 0 Å². The van der Waals surface area contributed by atoms with Crippen LogP contribution in [0.4, 0.5) is 0 Å². The molecule has 0 aliphatic heterocycles.